The van der Waals surface area contributed by atoms with Crippen LogP contribution in [0.15, 0.2) is 53.3 Å². The van der Waals surface area contributed by atoms with E-state index in [4.69, 9.17) is 26.1 Å². The molecule has 9 nitrogen and oxygen atoms in total. The number of aromatic carboxylic acids is 1. The highest BCUT2D eigenvalue weighted by Crippen LogP contribution is 2.42. The molecule has 188 valence electrons. The Morgan fingerprint density at radius 3 is 2.81 bits per heavy atom. The summed E-state index contributed by atoms with van der Waals surface area (Å²) >= 11 is 6.01. The van der Waals surface area contributed by atoms with Gasteiger partial charge in [-0.3, -0.25) is 9.36 Å². The molecule has 3 aromatic carbocycles. The van der Waals surface area contributed by atoms with Crippen LogP contribution in [0, 0.1) is 0 Å². The standard InChI is InChI=1S/C27H23ClN4O5/c1-14(29-21-8-7-16(28)10-19(21)26(34)35)17-4-3-5-18-23(17)30-27(31(2)25(18)33)32-11-15-6-9-22-24(20(15)12-32)37-13-36-22/h3-10,14,29H,11-13H2,1-2H3,(H,34,35)/t14-/m1/s1. The first-order valence-electron chi connectivity index (χ1n) is 11.8. The molecule has 10 heteroatoms. The molecule has 6 rings (SSSR count). The Bertz CT molecular complexity index is 1650. The number of carboxylic acids is 1. The molecule has 4 aromatic rings. The van der Waals surface area contributed by atoms with Gasteiger partial charge in [-0.05, 0) is 42.8 Å². The van der Waals surface area contributed by atoms with Gasteiger partial charge in [-0.15, -0.1) is 0 Å². The number of rotatable bonds is 5. The highest BCUT2D eigenvalue weighted by molar-refractivity contribution is 6.31. The van der Waals surface area contributed by atoms with Crippen molar-refractivity contribution in [1.82, 2.24) is 9.55 Å². The minimum atomic E-state index is -1.08. The zero-order valence-electron chi connectivity index (χ0n) is 20.1. The van der Waals surface area contributed by atoms with Gasteiger partial charge in [-0.25, -0.2) is 9.78 Å². The monoisotopic (exact) mass is 518 g/mol. The van der Waals surface area contributed by atoms with Crippen LogP contribution in [-0.4, -0.2) is 27.4 Å². The molecule has 0 amide bonds. The zero-order valence-corrected chi connectivity index (χ0v) is 20.9. The molecule has 3 heterocycles. The molecule has 0 fully saturated rings. The predicted octanol–water partition coefficient (Wildman–Crippen LogP) is 4.71. The number of carboxylic acid groups (broad SMARTS) is 1. The maximum absolute atomic E-state index is 13.4. The third-order valence-corrected chi connectivity index (χ3v) is 7.13. The van der Waals surface area contributed by atoms with Crippen molar-refractivity contribution in [1.29, 1.82) is 0 Å². The van der Waals surface area contributed by atoms with Gasteiger partial charge in [-0.1, -0.05) is 29.8 Å². The number of para-hydroxylation sites is 1. The molecular formula is C27H23ClN4O5. The first-order valence-corrected chi connectivity index (χ1v) is 12.1. The number of nitrogens with one attached hydrogen (secondary N) is 1. The molecule has 0 radical (unpaired) electrons. The number of fused-ring (bicyclic) bond motifs is 4. The largest absolute Gasteiger partial charge is 0.478 e. The van der Waals surface area contributed by atoms with Gasteiger partial charge in [0.15, 0.2) is 11.5 Å². The predicted molar refractivity (Wildman–Crippen MR) is 140 cm³/mol. The van der Waals surface area contributed by atoms with E-state index >= 15 is 0 Å². The lowest BCUT2D eigenvalue weighted by Gasteiger charge is -2.22. The van der Waals surface area contributed by atoms with E-state index in [0.29, 0.717) is 40.7 Å². The van der Waals surface area contributed by atoms with Crippen LogP contribution >= 0.6 is 11.6 Å². The van der Waals surface area contributed by atoms with Crippen molar-refractivity contribution in [3.63, 3.8) is 0 Å². The second-order valence-corrected chi connectivity index (χ2v) is 9.61. The summed E-state index contributed by atoms with van der Waals surface area (Å²) in [6.45, 7) is 3.22. The fraction of sp³-hybridized carbons (Fsp3) is 0.222. The first kappa shape index (κ1) is 23.2. The normalized spacial score (nSPS) is 14.6. The zero-order chi connectivity index (χ0) is 25.8. The molecule has 2 aliphatic heterocycles. The van der Waals surface area contributed by atoms with Gasteiger partial charge < -0.3 is 24.8 Å². The molecule has 0 unspecified atom stereocenters. The van der Waals surface area contributed by atoms with E-state index in [9.17, 15) is 14.7 Å². The van der Waals surface area contributed by atoms with Gasteiger partial charge in [0.2, 0.25) is 12.7 Å². The maximum atomic E-state index is 13.4. The number of aromatic nitrogens is 2. The summed E-state index contributed by atoms with van der Waals surface area (Å²) in [6, 6.07) is 13.7. The van der Waals surface area contributed by atoms with Crippen LogP contribution in [0.2, 0.25) is 5.02 Å². The van der Waals surface area contributed by atoms with E-state index in [2.05, 4.69) is 5.32 Å². The number of anilines is 2. The average Bonchev–Trinajstić information content (AvgIpc) is 3.53. The Morgan fingerprint density at radius 1 is 1.16 bits per heavy atom. The second kappa shape index (κ2) is 8.70. The average molecular weight is 519 g/mol. The van der Waals surface area contributed by atoms with Gasteiger partial charge in [0.1, 0.15) is 0 Å². The smallest absolute Gasteiger partial charge is 0.337 e. The number of ether oxygens (including phenoxy) is 2. The van der Waals surface area contributed by atoms with Crippen molar-refractivity contribution >= 4 is 40.1 Å². The Labute approximate surface area is 216 Å². The number of halogens is 1. The molecule has 37 heavy (non-hydrogen) atoms. The van der Waals surface area contributed by atoms with Crippen molar-refractivity contribution < 1.29 is 19.4 Å². The van der Waals surface area contributed by atoms with E-state index in [1.807, 2.05) is 36.1 Å². The highest BCUT2D eigenvalue weighted by Gasteiger charge is 2.30. The fourth-order valence-electron chi connectivity index (χ4n) is 5.05. The third kappa shape index (κ3) is 3.82. The Hall–Kier alpha value is -4.24. The first-order chi connectivity index (χ1) is 17.8. The minimum absolute atomic E-state index is 0.0673. The topological polar surface area (TPSA) is 106 Å². The van der Waals surface area contributed by atoms with Crippen LogP contribution in [-0.2, 0) is 20.1 Å². The van der Waals surface area contributed by atoms with E-state index in [1.165, 1.54) is 6.07 Å². The summed E-state index contributed by atoms with van der Waals surface area (Å²) in [4.78, 5) is 32.2. The lowest BCUT2D eigenvalue weighted by Crippen LogP contribution is -2.28. The maximum Gasteiger partial charge on any atom is 0.337 e. The SMILES string of the molecule is C[C@@H](Nc1ccc(Cl)cc1C(=O)O)c1cccc2c(=O)n(C)c(N3Cc4ccc5c(c4C3)OCO5)nc12. The van der Waals surface area contributed by atoms with Crippen molar-refractivity contribution in [2.45, 2.75) is 26.1 Å². The van der Waals surface area contributed by atoms with Gasteiger partial charge in [0, 0.05) is 35.4 Å². The highest BCUT2D eigenvalue weighted by atomic mass is 35.5. The number of carbonyl (C=O) groups is 1. The lowest BCUT2D eigenvalue weighted by molar-refractivity contribution is 0.0698. The van der Waals surface area contributed by atoms with Gasteiger partial charge >= 0.3 is 5.97 Å². The molecule has 0 saturated heterocycles. The van der Waals surface area contributed by atoms with Crippen LogP contribution in [0.4, 0.5) is 11.6 Å². The summed E-state index contributed by atoms with van der Waals surface area (Å²) < 4.78 is 12.8. The number of nitrogens with zero attached hydrogens (tertiary/aromatic N) is 3. The Morgan fingerprint density at radius 2 is 2.00 bits per heavy atom. The Kier molecular flexibility index (Phi) is 5.45. The van der Waals surface area contributed by atoms with E-state index in [-0.39, 0.29) is 24.0 Å². The number of hydrogen-bond donors (Lipinski definition) is 2. The molecule has 0 bridgehead atoms. The number of hydrogen-bond acceptors (Lipinski definition) is 7. The molecule has 2 aliphatic rings. The molecule has 0 saturated carbocycles. The van der Waals surface area contributed by atoms with Crippen LogP contribution in [0.25, 0.3) is 10.9 Å². The lowest BCUT2D eigenvalue weighted by atomic mass is 10.0. The summed E-state index contributed by atoms with van der Waals surface area (Å²) in [7, 11) is 1.72. The van der Waals surface area contributed by atoms with Crippen LogP contribution in [0.5, 0.6) is 11.5 Å². The van der Waals surface area contributed by atoms with Crippen molar-refractivity contribution in [3.05, 3.63) is 86.2 Å². The van der Waals surface area contributed by atoms with Crippen LogP contribution in [0.1, 0.15) is 40.0 Å². The molecular weight excluding hydrogens is 496 g/mol. The van der Waals surface area contributed by atoms with Gasteiger partial charge in [-0.2, -0.15) is 0 Å². The van der Waals surface area contributed by atoms with Crippen LogP contribution < -0.4 is 25.2 Å². The summed E-state index contributed by atoms with van der Waals surface area (Å²) in [5.74, 6) is 0.935. The van der Waals surface area contributed by atoms with E-state index in [0.717, 1.165) is 28.2 Å². The van der Waals surface area contributed by atoms with E-state index < -0.39 is 5.97 Å². The second-order valence-electron chi connectivity index (χ2n) is 9.17. The molecule has 2 N–H and O–H groups in total. The molecule has 1 atom stereocenters. The fourth-order valence-corrected chi connectivity index (χ4v) is 5.23. The Balaban J connectivity index is 1.40. The van der Waals surface area contributed by atoms with Crippen LogP contribution in [0.3, 0.4) is 0 Å². The molecule has 1 aromatic heterocycles. The van der Waals surface area contributed by atoms with E-state index in [1.54, 1.807) is 29.8 Å². The van der Waals surface area contributed by atoms with Crippen molar-refractivity contribution in [2.75, 3.05) is 17.0 Å². The third-order valence-electron chi connectivity index (χ3n) is 6.90. The van der Waals surface area contributed by atoms with Gasteiger partial charge in [0.25, 0.3) is 5.56 Å². The number of benzene rings is 3. The summed E-state index contributed by atoms with van der Waals surface area (Å²) in [5.41, 5.74) is 3.81. The quantitative estimate of drug-likeness (QED) is 0.391. The summed E-state index contributed by atoms with van der Waals surface area (Å²) in [6.07, 6.45) is 0. The summed E-state index contributed by atoms with van der Waals surface area (Å²) in [5, 5.41) is 13.7. The molecule has 0 aliphatic carbocycles. The van der Waals surface area contributed by atoms with Crippen molar-refractivity contribution in [2.24, 2.45) is 7.05 Å². The minimum Gasteiger partial charge on any atom is -0.478 e. The van der Waals surface area contributed by atoms with Crippen molar-refractivity contribution in [3.8, 4) is 11.5 Å². The van der Waals surface area contributed by atoms with Gasteiger partial charge in [0.05, 0.1) is 29.1 Å². The molecule has 0 spiro atoms.